The topological polar surface area (TPSA) is 116 Å². The largest absolute Gasteiger partial charge is 0.383 e. The van der Waals surface area contributed by atoms with Crippen LogP contribution in [0.4, 0.5) is 0 Å². The van der Waals surface area contributed by atoms with Gasteiger partial charge in [-0.15, -0.1) is 24.0 Å². The summed E-state index contributed by atoms with van der Waals surface area (Å²) in [6.45, 7) is 5.27. The number of aromatic nitrogens is 5. The highest BCUT2D eigenvalue weighted by molar-refractivity contribution is 14.0. The number of hydrogen-bond acceptors (Lipinski definition) is 5. The number of nitrogens with zero attached hydrogens (tertiary/aromatic N) is 5. The average Bonchev–Trinajstić information content (AvgIpc) is 3.36. The smallest absolute Gasteiger partial charge is 0.191 e. The molecule has 9 nitrogen and oxygen atoms in total. The molecule has 0 aliphatic carbocycles. The van der Waals surface area contributed by atoms with Crippen LogP contribution in [0.15, 0.2) is 48.0 Å². The maximum atomic E-state index is 10.7. The second kappa shape index (κ2) is 10.3. The lowest BCUT2D eigenvalue weighted by Crippen LogP contribution is -2.44. The predicted octanol–water partition coefficient (Wildman–Crippen LogP) is 1.79. The van der Waals surface area contributed by atoms with Gasteiger partial charge in [-0.05, 0) is 25.5 Å². The Bertz CT molecular complexity index is 920. The standard InChI is InChI=1S/C19H26N8O.HI/c1-4-20-18(22-12-19(2,28)16-10-25-27(3)11-16)21-9-14-6-5-7-15(8-14)17-23-13-24-26-17;/h5-8,10-11,13,28H,4,9,12H2,1-3H3,(H2,20,21,22)(H,23,24,26);1H. The predicted molar refractivity (Wildman–Crippen MR) is 123 cm³/mol. The van der Waals surface area contributed by atoms with Crippen LogP contribution < -0.4 is 10.6 Å². The zero-order chi connectivity index (χ0) is 20.0. The van der Waals surface area contributed by atoms with Gasteiger partial charge in [0, 0.05) is 30.9 Å². The molecule has 3 rings (SSSR count). The lowest BCUT2D eigenvalue weighted by Gasteiger charge is -2.23. The van der Waals surface area contributed by atoms with Crippen LogP contribution >= 0.6 is 24.0 Å². The maximum Gasteiger partial charge on any atom is 0.191 e. The number of aliphatic hydroxyl groups is 1. The first-order chi connectivity index (χ1) is 13.5. The molecule has 29 heavy (non-hydrogen) atoms. The van der Waals surface area contributed by atoms with E-state index in [-0.39, 0.29) is 24.0 Å². The first-order valence-corrected chi connectivity index (χ1v) is 9.16. The van der Waals surface area contributed by atoms with Crippen molar-refractivity contribution in [3.8, 4) is 11.4 Å². The second-order valence-electron chi connectivity index (χ2n) is 6.76. The monoisotopic (exact) mass is 510 g/mol. The molecular formula is C19H27IN8O. The van der Waals surface area contributed by atoms with Gasteiger partial charge in [0.15, 0.2) is 11.8 Å². The van der Waals surface area contributed by atoms with Crippen molar-refractivity contribution >= 4 is 29.9 Å². The number of benzene rings is 1. The Labute approximate surface area is 187 Å². The summed E-state index contributed by atoms with van der Waals surface area (Å²) in [4.78, 5) is 8.80. The van der Waals surface area contributed by atoms with Crippen LogP contribution in [0.1, 0.15) is 25.0 Å². The van der Waals surface area contributed by atoms with Crippen LogP contribution in [-0.4, -0.2) is 49.1 Å². The Morgan fingerprint density at radius 3 is 2.83 bits per heavy atom. The summed E-state index contributed by atoms with van der Waals surface area (Å²) in [5.74, 6) is 1.36. The third-order valence-electron chi connectivity index (χ3n) is 4.31. The van der Waals surface area contributed by atoms with Gasteiger partial charge in [0.2, 0.25) is 0 Å². The maximum absolute atomic E-state index is 10.7. The highest BCUT2D eigenvalue weighted by atomic mass is 127. The molecule has 0 spiro atoms. The molecule has 0 bridgehead atoms. The Balaban J connectivity index is 0.00000300. The molecule has 10 heteroatoms. The molecule has 1 atom stereocenters. The quantitative estimate of drug-likeness (QED) is 0.219. The van der Waals surface area contributed by atoms with Gasteiger partial charge in [0.1, 0.15) is 11.9 Å². The minimum Gasteiger partial charge on any atom is -0.383 e. The molecule has 0 saturated heterocycles. The van der Waals surface area contributed by atoms with Gasteiger partial charge in [0.05, 0.1) is 19.3 Å². The highest BCUT2D eigenvalue weighted by Crippen LogP contribution is 2.18. The lowest BCUT2D eigenvalue weighted by atomic mass is 10.00. The summed E-state index contributed by atoms with van der Waals surface area (Å²) < 4.78 is 1.67. The van der Waals surface area contributed by atoms with Crippen LogP contribution in [0.3, 0.4) is 0 Å². The summed E-state index contributed by atoms with van der Waals surface area (Å²) >= 11 is 0. The van der Waals surface area contributed by atoms with E-state index in [1.807, 2.05) is 38.2 Å². The summed E-state index contributed by atoms with van der Waals surface area (Å²) in [6.07, 6.45) is 4.96. The average molecular weight is 510 g/mol. The SMILES string of the molecule is CCNC(=NCc1cccc(-c2ncn[nH]2)c1)NCC(C)(O)c1cnn(C)c1.I. The van der Waals surface area contributed by atoms with Crippen molar-refractivity contribution in [2.24, 2.45) is 12.0 Å². The van der Waals surface area contributed by atoms with Gasteiger partial charge < -0.3 is 15.7 Å². The van der Waals surface area contributed by atoms with Crippen molar-refractivity contribution in [3.05, 3.63) is 54.1 Å². The number of rotatable bonds is 7. The van der Waals surface area contributed by atoms with Gasteiger partial charge in [-0.25, -0.2) is 9.98 Å². The van der Waals surface area contributed by atoms with E-state index in [4.69, 9.17) is 0 Å². The van der Waals surface area contributed by atoms with Crippen LogP contribution in [0.5, 0.6) is 0 Å². The Kier molecular flexibility index (Phi) is 8.14. The minimum atomic E-state index is -1.06. The van der Waals surface area contributed by atoms with Crippen LogP contribution in [0, 0.1) is 0 Å². The van der Waals surface area contributed by atoms with Gasteiger partial charge in [-0.2, -0.15) is 10.2 Å². The Hall–Kier alpha value is -2.47. The van der Waals surface area contributed by atoms with E-state index in [2.05, 4.69) is 35.9 Å². The number of H-pyrrole nitrogens is 1. The van der Waals surface area contributed by atoms with Crippen molar-refractivity contribution in [2.45, 2.75) is 26.0 Å². The molecule has 0 aliphatic heterocycles. The van der Waals surface area contributed by atoms with Crippen molar-refractivity contribution in [2.75, 3.05) is 13.1 Å². The van der Waals surface area contributed by atoms with Crippen molar-refractivity contribution in [1.82, 2.24) is 35.6 Å². The molecule has 4 N–H and O–H groups in total. The Morgan fingerprint density at radius 2 is 2.17 bits per heavy atom. The highest BCUT2D eigenvalue weighted by Gasteiger charge is 2.24. The van der Waals surface area contributed by atoms with Crippen molar-refractivity contribution in [3.63, 3.8) is 0 Å². The number of guanidine groups is 1. The molecule has 1 unspecified atom stereocenters. The van der Waals surface area contributed by atoms with Gasteiger partial charge >= 0.3 is 0 Å². The van der Waals surface area contributed by atoms with E-state index in [1.54, 1.807) is 24.0 Å². The first kappa shape index (κ1) is 22.8. The van der Waals surface area contributed by atoms with E-state index in [0.29, 0.717) is 19.0 Å². The zero-order valence-corrected chi connectivity index (χ0v) is 19.1. The molecule has 2 aromatic heterocycles. The van der Waals surface area contributed by atoms with Crippen molar-refractivity contribution in [1.29, 1.82) is 0 Å². The van der Waals surface area contributed by atoms with E-state index in [1.165, 1.54) is 6.33 Å². The minimum absolute atomic E-state index is 0. The van der Waals surface area contributed by atoms with E-state index in [9.17, 15) is 5.11 Å². The molecule has 2 heterocycles. The van der Waals surface area contributed by atoms with Crippen LogP contribution in [0.25, 0.3) is 11.4 Å². The fourth-order valence-corrected chi connectivity index (χ4v) is 2.73. The summed E-state index contributed by atoms with van der Waals surface area (Å²) in [5, 5.41) is 28.0. The van der Waals surface area contributed by atoms with E-state index in [0.717, 1.165) is 29.1 Å². The molecule has 156 valence electrons. The van der Waals surface area contributed by atoms with Crippen LogP contribution in [-0.2, 0) is 19.2 Å². The summed E-state index contributed by atoms with van der Waals surface area (Å²) in [7, 11) is 1.82. The molecule has 0 amide bonds. The summed E-state index contributed by atoms with van der Waals surface area (Å²) in [6, 6.07) is 7.98. The molecule has 0 aliphatic rings. The number of nitrogens with one attached hydrogen (secondary N) is 3. The fourth-order valence-electron chi connectivity index (χ4n) is 2.73. The third kappa shape index (κ3) is 6.26. The zero-order valence-electron chi connectivity index (χ0n) is 16.8. The molecule has 1 aromatic carbocycles. The number of aliphatic imine (C=N–C) groups is 1. The molecule has 0 saturated carbocycles. The Morgan fingerprint density at radius 1 is 1.34 bits per heavy atom. The summed E-state index contributed by atoms with van der Waals surface area (Å²) in [5.41, 5.74) is 1.70. The first-order valence-electron chi connectivity index (χ1n) is 9.16. The normalized spacial score (nSPS) is 13.4. The van der Waals surface area contributed by atoms with E-state index >= 15 is 0 Å². The van der Waals surface area contributed by atoms with E-state index < -0.39 is 5.60 Å². The lowest BCUT2D eigenvalue weighted by molar-refractivity contribution is 0.0616. The van der Waals surface area contributed by atoms with Crippen molar-refractivity contribution < 1.29 is 5.11 Å². The second-order valence-corrected chi connectivity index (χ2v) is 6.76. The van der Waals surface area contributed by atoms with Gasteiger partial charge in [-0.1, -0.05) is 18.2 Å². The third-order valence-corrected chi connectivity index (χ3v) is 4.31. The fraction of sp³-hybridized carbons (Fsp3) is 0.368. The number of halogens is 1. The number of hydrogen-bond donors (Lipinski definition) is 4. The number of aryl methyl sites for hydroxylation is 1. The van der Waals surface area contributed by atoms with Gasteiger partial charge in [0.25, 0.3) is 0 Å². The van der Waals surface area contributed by atoms with Crippen LogP contribution in [0.2, 0.25) is 0 Å². The number of aromatic amines is 1. The van der Waals surface area contributed by atoms with Gasteiger partial charge in [-0.3, -0.25) is 9.78 Å². The molecule has 3 aromatic rings. The molecular weight excluding hydrogens is 483 g/mol. The molecule has 0 radical (unpaired) electrons. The molecule has 0 fully saturated rings.